The number of nitrogens with zero attached hydrogens (tertiary/aromatic N) is 1. The van der Waals surface area contributed by atoms with E-state index in [0.717, 1.165) is 26.1 Å². The van der Waals surface area contributed by atoms with Crippen LogP contribution >= 0.6 is 0 Å². The van der Waals surface area contributed by atoms with Crippen LogP contribution in [0.15, 0.2) is 12.1 Å². The molecule has 1 aromatic heterocycles. The van der Waals surface area contributed by atoms with Crippen molar-refractivity contribution in [1.82, 2.24) is 4.98 Å². The largest absolute Gasteiger partial charge is 0.381 e. The second-order valence-electron chi connectivity index (χ2n) is 6.09. The molecule has 18 heavy (non-hydrogen) atoms. The predicted octanol–water partition coefficient (Wildman–Crippen LogP) is 3.91. The van der Waals surface area contributed by atoms with Gasteiger partial charge in [-0.2, -0.15) is 0 Å². The van der Waals surface area contributed by atoms with Gasteiger partial charge in [-0.05, 0) is 36.3 Å². The van der Waals surface area contributed by atoms with Gasteiger partial charge in [-0.1, -0.05) is 33.8 Å². The Morgan fingerprint density at radius 3 is 2.61 bits per heavy atom. The highest BCUT2D eigenvalue weighted by molar-refractivity contribution is 5.29. The van der Waals surface area contributed by atoms with E-state index in [-0.39, 0.29) is 0 Å². The summed E-state index contributed by atoms with van der Waals surface area (Å²) < 4.78 is 5.52. The van der Waals surface area contributed by atoms with Crippen LogP contribution in [0.1, 0.15) is 62.9 Å². The van der Waals surface area contributed by atoms with Gasteiger partial charge in [0.05, 0.1) is 6.61 Å². The quantitative estimate of drug-likeness (QED) is 0.805. The molecule has 0 spiro atoms. The van der Waals surface area contributed by atoms with Crippen LogP contribution in [0.2, 0.25) is 0 Å². The van der Waals surface area contributed by atoms with E-state index in [4.69, 9.17) is 9.72 Å². The van der Waals surface area contributed by atoms with Crippen molar-refractivity contribution in [3.05, 3.63) is 29.1 Å². The van der Waals surface area contributed by atoms with E-state index in [2.05, 4.69) is 39.8 Å². The van der Waals surface area contributed by atoms with Crippen LogP contribution < -0.4 is 0 Å². The number of rotatable bonds is 4. The lowest BCUT2D eigenvalue weighted by Crippen LogP contribution is -2.09. The summed E-state index contributed by atoms with van der Waals surface area (Å²) in [4.78, 5) is 4.90. The minimum Gasteiger partial charge on any atom is -0.381 e. The zero-order chi connectivity index (χ0) is 13.1. The number of pyridine rings is 1. The topological polar surface area (TPSA) is 22.1 Å². The first-order valence-electron chi connectivity index (χ1n) is 7.15. The van der Waals surface area contributed by atoms with Crippen LogP contribution in [0.4, 0.5) is 0 Å². The Hall–Kier alpha value is -0.890. The zero-order valence-electron chi connectivity index (χ0n) is 12.1. The minimum absolute atomic E-state index is 0.504. The highest BCUT2D eigenvalue weighted by atomic mass is 16.5. The smallest absolute Gasteiger partial charge is 0.0536 e. The molecule has 0 aliphatic carbocycles. The zero-order valence-corrected chi connectivity index (χ0v) is 12.1. The van der Waals surface area contributed by atoms with Gasteiger partial charge in [-0.25, -0.2) is 0 Å². The molecule has 1 aromatic rings. The van der Waals surface area contributed by atoms with Gasteiger partial charge in [0.25, 0.3) is 0 Å². The molecule has 0 N–H and O–H groups in total. The number of ether oxygens (including phenoxy) is 1. The lowest BCUT2D eigenvalue weighted by molar-refractivity contribution is 0.193. The van der Waals surface area contributed by atoms with Crippen molar-refractivity contribution < 1.29 is 4.74 Å². The molecule has 100 valence electrons. The van der Waals surface area contributed by atoms with Crippen molar-refractivity contribution in [2.45, 2.75) is 52.4 Å². The number of hydrogen-bond donors (Lipinski definition) is 0. The van der Waals surface area contributed by atoms with E-state index in [1.165, 1.54) is 17.0 Å². The molecule has 1 saturated heterocycles. The van der Waals surface area contributed by atoms with Gasteiger partial charge in [0.15, 0.2) is 0 Å². The third-order valence-electron chi connectivity index (χ3n) is 3.59. The molecule has 2 nitrogen and oxygen atoms in total. The number of aromatic nitrogens is 1. The highest BCUT2D eigenvalue weighted by Crippen LogP contribution is 2.29. The summed E-state index contributed by atoms with van der Waals surface area (Å²) in [5, 5.41) is 0. The Bertz CT molecular complexity index is 392. The second kappa shape index (κ2) is 5.83. The first kappa shape index (κ1) is 13.5. The molecular formula is C16H25NO. The van der Waals surface area contributed by atoms with E-state index in [9.17, 15) is 0 Å². The van der Waals surface area contributed by atoms with Crippen molar-refractivity contribution in [1.29, 1.82) is 0 Å². The van der Waals surface area contributed by atoms with Crippen LogP contribution in [-0.4, -0.2) is 18.2 Å². The molecule has 1 aliphatic heterocycles. The fraction of sp³-hybridized carbons (Fsp3) is 0.688. The van der Waals surface area contributed by atoms with Crippen molar-refractivity contribution in [3.63, 3.8) is 0 Å². The Labute approximate surface area is 111 Å². The molecule has 0 bridgehead atoms. The summed E-state index contributed by atoms with van der Waals surface area (Å²) in [5.74, 6) is 1.72. The van der Waals surface area contributed by atoms with E-state index in [1.807, 2.05) is 0 Å². The first-order valence-corrected chi connectivity index (χ1v) is 7.15. The van der Waals surface area contributed by atoms with Crippen molar-refractivity contribution in [2.24, 2.45) is 5.92 Å². The van der Waals surface area contributed by atoms with Crippen LogP contribution in [-0.2, 0) is 11.2 Å². The van der Waals surface area contributed by atoms with Gasteiger partial charge in [-0.15, -0.1) is 0 Å². The average molecular weight is 247 g/mol. The molecule has 2 rings (SSSR count). The van der Waals surface area contributed by atoms with Crippen molar-refractivity contribution in [3.8, 4) is 0 Å². The molecule has 2 heteroatoms. The van der Waals surface area contributed by atoms with Crippen LogP contribution in [0.5, 0.6) is 0 Å². The molecule has 1 aliphatic rings. The van der Waals surface area contributed by atoms with Gasteiger partial charge in [0, 0.05) is 23.9 Å². The lowest BCUT2D eigenvalue weighted by atomic mass is 9.92. The fourth-order valence-electron chi connectivity index (χ4n) is 2.55. The Morgan fingerprint density at radius 2 is 2.06 bits per heavy atom. The van der Waals surface area contributed by atoms with Gasteiger partial charge in [0.2, 0.25) is 0 Å². The third kappa shape index (κ3) is 3.11. The Morgan fingerprint density at radius 1 is 1.28 bits per heavy atom. The SMILES string of the molecule is CC(C)Cc1nc(C(C)C)ccc1[C@@H]1CCOC1. The highest BCUT2D eigenvalue weighted by Gasteiger charge is 2.22. The first-order chi connectivity index (χ1) is 8.58. The molecule has 2 heterocycles. The Balaban J connectivity index is 2.31. The summed E-state index contributed by atoms with van der Waals surface area (Å²) in [6.45, 7) is 10.7. The van der Waals surface area contributed by atoms with E-state index in [0.29, 0.717) is 17.8 Å². The standard InChI is InChI=1S/C16H25NO/c1-11(2)9-16-14(13-7-8-18-10-13)5-6-15(17-16)12(3)4/h5-6,11-13H,7-10H2,1-4H3/t13-/m1/s1. The van der Waals surface area contributed by atoms with Crippen molar-refractivity contribution in [2.75, 3.05) is 13.2 Å². The van der Waals surface area contributed by atoms with Gasteiger partial charge in [0.1, 0.15) is 0 Å². The molecule has 0 aromatic carbocycles. The summed E-state index contributed by atoms with van der Waals surface area (Å²) in [7, 11) is 0. The molecule has 1 fully saturated rings. The van der Waals surface area contributed by atoms with Crippen LogP contribution in [0, 0.1) is 5.92 Å². The normalized spacial score (nSPS) is 20.0. The van der Waals surface area contributed by atoms with Crippen LogP contribution in [0.25, 0.3) is 0 Å². The van der Waals surface area contributed by atoms with Gasteiger partial charge >= 0.3 is 0 Å². The maximum atomic E-state index is 5.52. The monoisotopic (exact) mass is 247 g/mol. The molecule has 0 radical (unpaired) electrons. The minimum atomic E-state index is 0.504. The summed E-state index contributed by atoms with van der Waals surface area (Å²) >= 11 is 0. The maximum absolute atomic E-state index is 5.52. The summed E-state index contributed by atoms with van der Waals surface area (Å²) in [6, 6.07) is 4.49. The average Bonchev–Trinajstić information content (AvgIpc) is 2.81. The van der Waals surface area contributed by atoms with Gasteiger partial charge in [-0.3, -0.25) is 4.98 Å². The summed E-state index contributed by atoms with van der Waals surface area (Å²) in [5.41, 5.74) is 3.94. The fourth-order valence-corrected chi connectivity index (χ4v) is 2.55. The lowest BCUT2D eigenvalue weighted by Gasteiger charge is -2.17. The molecular weight excluding hydrogens is 222 g/mol. The van der Waals surface area contributed by atoms with Crippen LogP contribution in [0.3, 0.4) is 0 Å². The molecule has 0 saturated carbocycles. The van der Waals surface area contributed by atoms with E-state index < -0.39 is 0 Å². The number of hydrogen-bond acceptors (Lipinski definition) is 2. The van der Waals surface area contributed by atoms with Crippen molar-refractivity contribution >= 4 is 0 Å². The van der Waals surface area contributed by atoms with E-state index >= 15 is 0 Å². The maximum Gasteiger partial charge on any atom is 0.0536 e. The van der Waals surface area contributed by atoms with Gasteiger partial charge < -0.3 is 4.74 Å². The third-order valence-corrected chi connectivity index (χ3v) is 3.59. The Kier molecular flexibility index (Phi) is 4.39. The molecule has 0 unspecified atom stereocenters. The summed E-state index contributed by atoms with van der Waals surface area (Å²) in [6.07, 6.45) is 2.22. The molecule has 1 atom stereocenters. The van der Waals surface area contributed by atoms with E-state index in [1.54, 1.807) is 0 Å². The molecule has 0 amide bonds. The second-order valence-corrected chi connectivity index (χ2v) is 6.09. The predicted molar refractivity (Wildman–Crippen MR) is 75.0 cm³/mol.